The van der Waals surface area contributed by atoms with E-state index >= 15 is 0 Å². The first-order chi connectivity index (χ1) is 9.13. The molecule has 0 bridgehead atoms. The molecule has 0 saturated carbocycles. The van der Waals surface area contributed by atoms with Crippen LogP contribution in [0.5, 0.6) is 0 Å². The van der Waals surface area contributed by atoms with Gasteiger partial charge in [0.25, 0.3) is 0 Å². The van der Waals surface area contributed by atoms with Crippen LogP contribution in [-0.2, 0) is 6.42 Å². The maximum Gasteiger partial charge on any atom is 0.138 e. The Morgan fingerprint density at radius 2 is 2.21 bits per heavy atom. The molecule has 0 amide bonds. The molecule has 0 aromatic carbocycles. The molecule has 6 nitrogen and oxygen atoms in total. The van der Waals surface area contributed by atoms with Crippen molar-refractivity contribution in [2.45, 2.75) is 39.3 Å². The van der Waals surface area contributed by atoms with Gasteiger partial charge < -0.3 is 0 Å². The second-order valence-corrected chi connectivity index (χ2v) is 4.87. The van der Waals surface area contributed by atoms with Crippen molar-refractivity contribution in [1.29, 1.82) is 0 Å². The second kappa shape index (κ2) is 5.90. The van der Waals surface area contributed by atoms with Gasteiger partial charge in [-0.2, -0.15) is 5.10 Å². The van der Waals surface area contributed by atoms with Crippen molar-refractivity contribution in [3.63, 3.8) is 0 Å². The van der Waals surface area contributed by atoms with Crippen LogP contribution in [0.1, 0.15) is 42.9 Å². The number of hydrazine groups is 1. The predicted octanol–water partition coefficient (Wildman–Crippen LogP) is 1.31. The van der Waals surface area contributed by atoms with Crippen molar-refractivity contribution in [2.75, 3.05) is 0 Å². The van der Waals surface area contributed by atoms with Gasteiger partial charge in [0.1, 0.15) is 12.2 Å². The number of aromatic nitrogens is 4. The molecule has 0 radical (unpaired) electrons. The fourth-order valence-corrected chi connectivity index (χ4v) is 2.13. The molecule has 0 fully saturated rings. The first kappa shape index (κ1) is 13.6. The molecule has 6 heteroatoms. The lowest BCUT2D eigenvalue weighted by atomic mass is 10.0. The molecule has 0 spiro atoms. The predicted molar refractivity (Wildman–Crippen MR) is 73.1 cm³/mol. The highest BCUT2D eigenvalue weighted by molar-refractivity contribution is 5.25. The maximum atomic E-state index is 5.68. The van der Waals surface area contributed by atoms with Gasteiger partial charge >= 0.3 is 0 Å². The average Bonchev–Trinajstić information content (AvgIpc) is 2.85. The summed E-state index contributed by atoms with van der Waals surface area (Å²) >= 11 is 0. The third kappa shape index (κ3) is 2.97. The molecular formula is C13H20N6. The highest BCUT2D eigenvalue weighted by Gasteiger charge is 2.17. The molecule has 102 valence electrons. The van der Waals surface area contributed by atoms with E-state index in [0.717, 1.165) is 17.0 Å². The van der Waals surface area contributed by atoms with Crippen LogP contribution in [0.15, 0.2) is 24.8 Å². The summed E-state index contributed by atoms with van der Waals surface area (Å²) in [6.45, 7) is 6.21. The van der Waals surface area contributed by atoms with E-state index in [1.54, 1.807) is 12.5 Å². The van der Waals surface area contributed by atoms with Crippen LogP contribution in [0.4, 0.5) is 0 Å². The van der Waals surface area contributed by atoms with Crippen molar-refractivity contribution in [3.8, 4) is 0 Å². The van der Waals surface area contributed by atoms with Gasteiger partial charge in [-0.1, -0.05) is 0 Å². The second-order valence-electron chi connectivity index (χ2n) is 4.87. The molecule has 2 aromatic rings. The molecule has 1 unspecified atom stereocenters. The summed E-state index contributed by atoms with van der Waals surface area (Å²) in [6.07, 6.45) is 5.89. The van der Waals surface area contributed by atoms with Crippen LogP contribution in [0.25, 0.3) is 0 Å². The number of rotatable bonds is 5. The first-order valence-corrected chi connectivity index (χ1v) is 6.38. The number of nitrogens with zero attached hydrogens (tertiary/aromatic N) is 4. The van der Waals surface area contributed by atoms with E-state index in [2.05, 4.69) is 41.3 Å². The van der Waals surface area contributed by atoms with Crippen molar-refractivity contribution in [2.24, 2.45) is 5.84 Å². The molecule has 0 aliphatic heterocycles. The Morgan fingerprint density at radius 1 is 1.42 bits per heavy atom. The third-order valence-electron chi connectivity index (χ3n) is 3.18. The number of hydrogen-bond acceptors (Lipinski definition) is 5. The summed E-state index contributed by atoms with van der Waals surface area (Å²) < 4.78 is 1.91. The van der Waals surface area contributed by atoms with Crippen LogP contribution in [-0.4, -0.2) is 19.7 Å². The van der Waals surface area contributed by atoms with Gasteiger partial charge in [-0.3, -0.25) is 16.3 Å². The fourth-order valence-electron chi connectivity index (χ4n) is 2.13. The molecule has 19 heavy (non-hydrogen) atoms. The van der Waals surface area contributed by atoms with Crippen molar-refractivity contribution in [1.82, 2.24) is 25.2 Å². The summed E-state index contributed by atoms with van der Waals surface area (Å²) in [6, 6.07) is 2.24. The van der Waals surface area contributed by atoms with E-state index in [1.807, 2.05) is 16.9 Å². The Balaban J connectivity index is 2.25. The van der Waals surface area contributed by atoms with E-state index in [1.165, 1.54) is 0 Å². The smallest absolute Gasteiger partial charge is 0.138 e. The highest BCUT2D eigenvalue weighted by atomic mass is 15.3. The quantitative estimate of drug-likeness (QED) is 0.625. The largest absolute Gasteiger partial charge is 0.271 e. The normalized spacial score (nSPS) is 12.9. The standard InChI is InChI=1S/C13H20N6/c1-9(2)19-13(16-8-17-19)6-12(18-14)11-7-15-5-4-10(11)3/h4-5,7-9,12,18H,6,14H2,1-3H3. The minimum atomic E-state index is -0.0181. The van der Waals surface area contributed by atoms with Gasteiger partial charge in [-0.15, -0.1) is 0 Å². The zero-order valence-electron chi connectivity index (χ0n) is 11.5. The zero-order valence-corrected chi connectivity index (χ0v) is 11.5. The molecule has 0 aliphatic carbocycles. The number of hydrogen-bond donors (Lipinski definition) is 2. The van der Waals surface area contributed by atoms with Gasteiger partial charge in [0, 0.05) is 24.9 Å². The Morgan fingerprint density at radius 3 is 2.84 bits per heavy atom. The van der Waals surface area contributed by atoms with Crippen LogP contribution < -0.4 is 11.3 Å². The van der Waals surface area contributed by atoms with Gasteiger partial charge in [-0.05, 0) is 38.0 Å². The number of pyridine rings is 1. The van der Waals surface area contributed by atoms with Gasteiger partial charge in [0.15, 0.2) is 0 Å². The number of aryl methyl sites for hydroxylation is 1. The minimum absolute atomic E-state index is 0.0181. The van der Waals surface area contributed by atoms with Crippen molar-refractivity contribution < 1.29 is 0 Å². The Kier molecular flexibility index (Phi) is 4.24. The molecule has 2 aromatic heterocycles. The lowest BCUT2D eigenvalue weighted by Gasteiger charge is -2.18. The summed E-state index contributed by atoms with van der Waals surface area (Å²) in [4.78, 5) is 8.48. The summed E-state index contributed by atoms with van der Waals surface area (Å²) in [5.74, 6) is 6.60. The topological polar surface area (TPSA) is 81.7 Å². The molecule has 0 saturated heterocycles. The molecule has 0 aliphatic rings. The molecule has 2 heterocycles. The van der Waals surface area contributed by atoms with Crippen molar-refractivity contribution in [3.05, 3.63) is 41.7 Å². The van der Waals surface area contributed by atoms with Crippen LogP contribution in [0, 0.1) is 6.92 Å². The highest BCUT2D eigenvalue weighted by Crippen LogP contribution is 2.20. The average molecular weight is 260 g/mol. The lowest BCUT2D eigenvalue weighted by Crippen LogP contribution is -2.31. The zero-order chi connectivity index (χ0) is 13.8. The van der Waals surface area contributed by atoms with E-state index in [4.69, 9.17) is 5.84 Å². The number of nitrogens with two attached hydrogens (primary N) is 1. The third-order valence-corrected chi connectivity index (χ3v) is 3.18. The number of nitrogens with one attached hydrogen (secondary N) is 1. The lowest BCUT2D eigenvalue weighted by molar-refractivity contribution is 0.467. The first-order valence-electron chi connectivity index (χ1n) is 6.38. The SMILES string of the molecule is Cc1ccncc1C(Cc1ncnn1C(C)C)NN. The fraction of sp³-hybridized carbons (Fsp3) is 0.462. The molecule has 2 rings (SSSR count). The van der Waals surface area contributed by atoms with Gasteiger partial charge in [-0.25, -0.2) is 9.67 Å². The minimum Gasteiger partial charge on any atom is -0.271 e. The van der Waals surface area contributed by atoms with Crippen molar-refractivity contribution >= 4 is 0 Å². The Hall–Kier alpha value is -1.79. The molecule has 1 atom stereocenters. The monoisotopic (exact) mass is 260 g/mol. The van der Waals surface area contributed by atoms with Gasteiger partial charge in [0.2, 0.25) is 0 Å². The molecular weight excluding hydrogens is 240 g/mol. The van der Waals surface area contributed by atoms with Crippen LogP contribution in [0.2, 0.25) is 0 Å². The summed E-state index contributed by atoms with van der Waals surface area (Å²) in [5.41, 5.74) is 5.09. The van der Waals surface area contributed by atoms with E-state index in [-0.39, 0.29) is 12.1 Å². The van der Waals surface area contributed by atoms with E-state index < -0.39 is 0 Å². The van der Waals surface area contributed by atoms with E-state index in [0.29, 0.717) is 6.42 Å². The molecule has 3 N–H and O–H groups in total. The van der Waals surface area contributed by atoms with Gasteiger partial charge in [0.05, 0.1) is 6.04 Å². The maximum absolute atomic E-state index is 5.68. The Labute approximate surface area is 113 Å². The summed E-state index contributed by atoms with van der Waals surface area (Å²) in [5, 5.41) is 4.24. The Bertz CT molecular complexity index is 533. The summed E-state index contributed by atoms with van der Waals surface area (Å²) in [7, 11) is 0. The van der Waals surface area contributed by atoms with Crippen LogP contribution >= 0.6 is 0 Å². The van der Waals surface area contributed by atoms with Crippen LogP contribution in [0.3, 0.4) is 0 Å². The van der Waals surface area contributed by atoms with E-state index in [9.17, 15) is 0 Å².